The normalized spacial score (nSPS) is 44.4. The highest BCUT2D eigenvalue weighted by Crippen LogP contribution is 2.42. The molecule has 4 fully saturated rings. The topological polar surface area (TPSA) is 23.6 Å². The molecule has 0 radical (unpaired) electrons. The van der Waals surface area contributed by atoms with Crippen LogP contribution in [0.4, 0.5) is 0 Å². The molecule has 4 rings (SSSR count). The first-order chi connectivity index (χ1) is 8.83. The van der Waals surface area contributed by atoms with Gasteiger partial charge in [0.25, 0.3) is 0 Å². The molecule has 3 heteroatoms. The highest BCUT2D eigenvalue weighted by Gasteiger charge is 2.47. The van der Waals surface area contributed by atoms with E-state index in [1.165, 1.54) is 45.2 Å². The third-order valence-corrected chi connectivity index (χ3v) is 5.87. The Balaban J connectivity index is 1.59. The van der Waals surface area contributed by atoms with E-state index >= 15 is 0 Å². The van der Waals surface area contributed by atoms with Crippen LogP contribution in [-0.4, -0.2) is 47.4 Å². The van der Waals surface area contributed by atoms with Gasteiger partial charge in [0, 0.05) is 31.6 Å². The molecule has 18 heavy (non-hydrogen) atoms. The molecule has 2 bridgehead atoms. The lowest BCUT2D eigenvalue weighted by atomic mass is 9.71. The van der Waals surface area contributed by atoms with Crippen molar-refractivity contribution in [1.82, 2.24) is 9.80 Å². The Bertz CT molecular complexity index is 356. The van der Waals surface area contributed by atoms with Crippen LogP contribution in [0.2, 0.25) is 0 Å². The first-order valence-electron chi connectivity index (χ1n) is 7.86. The van der Waals surface area contributed by atoms with Gasteiger partial charge in [0.05, 0.1) is 0 Å². The van der Waals surface area contributed by atoms with Crippen LogP contribution in [-0.2, 0) is 4.79 Å². The summed E-state index contributed by atoms with van der Waals surface area (Å²) in [6.45, 7) is 3.66. The van der Waals surface area contributed by atoms with E-state index in [1.54, 1.807) is 0 Å². The van der Waals surface area contributed by atoms with E-state index in [0.29, 0.717) is 11.9 Å². The summed E-state index contributed by atoms with van der Waals surface area (Å²) in [5.41, 5.74) is 0. The Morgan fingerprint density at radius 2 is 1.78 bits per heavy atom. The smallest absolute Gasteiger partial charge is 0.222 e. The van der Waals surface area contributed by atoms with Gasteiger partial charge in [-0.1, -0.05) is 6.42 Å². The summed E-state index contributed by atoms with van der Waals surface area (Å²) in [6.07, 6.45) is 8.78. The largest absolute Gasteiger partial charge is 0.339 e. The molecule has 3 nitrogen and oxygen atoms in total. The van der Waals surface area contributed by atoms with E-state index in [0.717, 1.165) is 37.3 Å². The van der Waals surface area contributed by atoms with Crippen LogP contribution in [0.5, 0.6) is 0 Å². The minimum absolute atomic E-state index is 0.449. The summed E-state index contributed by atoms with van der Waals surface area (Å²) in [6, 6.07) is 1.39. The highest BCUT2D eigenvalue weighted by atomic mass is 16.2. The van der Waals surface area contributed by atoms with E-state index in [-0.39, 0.29) is 0 Å². The zero-order valence-corrected chi connectivity index (χ0v) is 11.2. The highest BCUT2D eigenvalue weighted by molar-refractivity contribution is 5.77. The van der Waals surface area contributed by atoms with Crippen molar-refractivity contribution in [2.24, 2.45) is 11.8 Å². The van der Waals surface area contributed by atoms with Gasteiger partial charge in [0.1, 0.15) is 0 Å². The Morgan fingerprint density at radius 3 is 2.72 bits per heavy atom. The predicted molar refractivity (Wildman–Crippen MR) is 70.2 cm³/mol. The molecule has 0 spiro atoms. The van der Waals surface area contributed by atoms with Crippen molar-refractivity contribution in [3.63, 3.8) is 0 Å². The number of hydrogen-bond acceptors (Lipinski definition) is 2. The van der Waals surface area contributed by atoms with E-state index in [2.05, 4.69) is 9.80 Å². The minimum atomic E-state index is 0.449. The monoisotopic (exact) mass is 248 g/mol. The third kappa shape index (κ3) is 1.63. The summed E-state index contributed by atoms with van der Waals surface area (Å²) in [7, 11) is 0. The SMILES string of the molecule is O=C1CCC[C@@H]2C3C[C@@H](CN12)[C@@H]1CCCCN1C3. The number of nitrogens with zero attached hydrogens (tertiary/aromatic N) is 2. The van der Waals surface area contributed by atoms with E-state index < -0.39 is 0 Å². The molecule has 0 aliphatic carbocycles. The fraction of sp³-hybridized carbons (Fsp3) is 0.933. The van der Waals surface area contributed by atoms with Crippen LogP contribution in [0, 0.1) is 11.8 Å². The van der Waals surface area contributed by atoms with E-state index in [1.807, 2.05) is 0 Å². The molecule has 0 N–H and O–H groups in total. The Morgan fingerprint density at radius 1 is 0.944 bits per heavy atom. The number of rotatable bonds is 0. The van der Waals surface area contributed by atoms with Gasteiger partial charge >= 0.3 is 0 Å². The molecule has 0 aromatic heterocycles. The van der Waals surface area contributed by atoms with Crippen molar-refractivity contribution in [2.75, 3.05) is 19.6 Å². The van der Waals surface area contributed by atoms with Crippen molar-refractivity contribution in [3.8, 4) is 0 Å². The maximum Gasteiger partial charge on any atom is 0.222 e. The second-order valence-electron chi connectivity index (χ2n) is 6.82. The number of carbonyl (C=O) groups is 1. The summed E-state index contributed by atoms with van der Waals surface area (Å²) in [5, 5.41) is 0. The van der Waals surface area contributed by atoms with Crippen LogP contribution < -0.4 is 0 Å². The van der Waals surface area contributed by atoms with Gasteiger partial charge < -0.3 is 4.90 Å². The molecule has 4 saturated heterocycles. The second-order valence-corrected chi connectivity index (χ2v) is 6.82. The van der Waals surface area contributed by atoms with Gasteiger partial charge in [-0.2, -0.15) is 0 Å². The molecule has 1 unspecified atom stereocenters. The molecule has 4 aliphatic rings. The van der Waals surface area contributed by atoms with Gasteiger partial charge in [-0.3, -0.25) is 9.69 Å². The Kier molecular flexibility index (Phi) is 2.65. The van der Waals surface area contributed by atoms with Gasteiger partial charge in [-0.05, 0) is 50.5 Å². The molecule has 4 atom stereocenters. The van der Waals surface area contributed by atoms with E-state index in [4.69, 9.17) is 0 Å². The number of amides is 1. The molecular weight excluding hydrogens is 224 g/mol. The van der Waals surface area contributed by atoms with Gasteiger partial charge in [-0.15, -0.1) is 0 Å². The maximum atomic E-state index is 12.1. The molecule has 0 saturated carbocycles. The van der Waals surface area contributed by atoms with Crippen LogP contribution >= 0.6 is 0 Å². The molecule has 4 aliphatic heterocycles. The molecule has 0 aromatic carbocycles. The third-order valence-electron chi connectivity index (χ3n) is 5.87. The van der Waals surface area contributed by atoms with Crippen molar-refractivity contribution in [1.29, 1.82) is 0 Å². The van der Waals surface area contributed by atoms with E-state index in [9.17, 15) is 4.79 Å². The summed E-state index contributed by atoms with van der Waals surface area (Å²) < 4.78 is 0. The van der Waals surface area contributed by atoms with Crippen molar-refractivity contribution in [3.05, 3.63) is 0 Å². The fourth-order valence-electron chi connectivity index (χ4n) is 5.10. The van der Waals surface area contributed by atoms with Crippen LogP contribution in [0.1, 0.15) is 44.9 Å². The van der Waals surface area contributed by atoms with Gasteiger partial charge in [0.2, 0.25) is 5.91 Å². The lowest BCUT2D eigenvalue weighted by Gasteiger charge is -2.56. The maximum absolute atomic E-state index is 12.1. The number of piperidine rings is 4. The molecule has 100 valence electrons. The van der Waals surface area contributed by atoms with Crippen LogP contribution in [0.15, 0.2) is 0 Å². The quantitative estimate of drug-likeness (QED) is 0.653. The average Bonchev–Trinajstić information content (AvgIpc) is 2.40. The van der Waals surface area contributed by atoms with Crippen LogP contribution in [0.25, 0.3) is 0 Å². The summed E-state index contributed by atoms with van der Waals surface area (Å²) in [4.78, 5) is 17.2. The molecule has 1 amide bonds. The zero-order chi connectivity index (χ0) is 12.1. The Hall–Kier alpha value is -0.570. The lowest BCUT2D eigenvalue weighted by molar-refractivity contribution is -0.148. The van der Waals surface area contributed by atoms with Gasteiger partial charge in [0.15, 0.2) is 0 Å². The van der Waals surface area contributed by atoms with Gasteiger partial charge in [-0.25, -0.2) is 0 Å². The number of hydrogen-bond donors (Lipinski definition) is 0. The molecule has 0 aromatic rings. The van der Waals surface area contributed by atoms with Crippen molar-refractivity contribution < 1.29 is 4.79 Å². The van der Waals surface area contributed by atoms with Crippen molar-refractivity contribution in [2.45, 2.75) is 57.0 Å². The first-order valence-corrected chi connectivity index (χ1v) is 7.86. The van der Waals surface area contributed by atoms with Crippen LogP contribution in [0.3, 0.4) is 0 Å². The standard InChI is InChI=1S/C15H24N2O/c18-15-6-3-5-14-11-8-12(10-17(14)15)13-4-1-2-7-16(13)9-11/h11-14H,1-10H2/t11?,12-,13-,14+/m0/s1. The summed E-state index contributed by atoms with van der Waals surface area (Å²) >= 11 is 0. The average molecular weight is 248 g/mol. The first kappa shape index (κ1) is 11.3. The van der Waals surface area contributed by atoms with Crippen molar-refractivity contribution >= 4 is 5.91 Å². The lowest BCUT2D eigenvalue weighted by Crippen LogP contribution is -2.64. The molecular formula is C15H24N2O. The minimum Gasteiger partial charge on any atom is -0.339 e. The molecule has 4 heterocycles. The number of carbonyl (C=O) groups excluding carboxylic acids is 1. The summed E-state index contributed by atoms with van der Waals surface area (Å²) in [5.74, 6) is 2.01. The second kappa shape index (κ2) is 4.22. The fourth-order valence-corrected chi connectivity index (χ4v) is 5.10. The Labute approximate surface area is 110 Å². The zero-order valence-electron chi connectivity index (χ0n) is 11.2. The number of fused-ring (bicyclic) bond motifs is 6. The predicted octanol–water partition coefficient (Wildman–Crippen LogP) is 1.87.